The number of carbonyl (C=O) groups is 1. The van der Waals surface area contributed by atoms with Gasteiger partial charge in [-0.3, -0.25) is 4.79 Å². The van der Waals surface area contributed by atoms with Crippen LogP contribution in [-0.2, 0) is 14.6 Å². The first-order valence-corrected chi connectivity index (χ1v) is 9.51. The van der Waals surface area contributed by atoms with E-state index in [2.05, 4.69) is 20.9 Å². The van der Waals surface area contributed by atoms with Gasteiger partial charge < -0.3 is 16.0 Å². The normalized spacial score (nSPS) is 19.8. The molecular weight excluding hydrogens is 335 g/mol. The van der Waals surface area contributed by atoms with Gasteiger partial charge in [0, 0.05) is 18.3 Å². The van der Waals surface area contributed by atoms with Crippen LogP contribution in [0.15, 0.2) is 29.3 Å². The van der Waals surface area contributed by atoms with Crippen LogP contribution in [0.2, 0.25) is 0 Å². The predicted molar refractivity (Wildman–Crippen MR) is 91.2 cm³/mol. The van der Waals surface area contributed by atoms with Crippen LogP contribution in [0, 0.1) is 5.82 Å². The molecule has 7 nitrogen and oxygen atoms in total. The van der Waals surface area contributed by atoms with Gasteiger partial charge in [-0.15, -0.1) is 0 Å². The second-order valence-corrected chi connectivity index (χ2v) is 7.72. The van der Waals surface area contributed by atoms with Crippen molar-refractivity contribution in [1.29, 1.82) is 0 Å². The van der Waals surface area contributed by atoms with E-state index in [0.29, 0.717) is 24.6 Å². The van der Waals surface area contributed by atoms with E-state index in [4.69, 9.17) is 0 Å². The van der Waals surface area contributed by atoms with Crippen LogP contribution < -0.4 is 16.0 Å². The fraction of sp³-hybridized carbons (Fsp3) is 0.467. The SMILES string of the molecule is CCNC(=NCC(=O)Nc1ccc(F)cc1)NC1CCS(=O)(=O)C1. The van der Waals surface area contributed by atoms with E-state index in [1.807, 2.05) is 6.92 Å². The molecule has 0 spiro atoms. The van der Waals surface area contributed by atoms with Gasteiger partial charge in [-0.1, -0.05) is 0 Å². The summed E-state index contributed by atoms with van der Waals surface area (Å²) < 4.78 is 35.8. The second-order valence-electron chi connectivity index (χ2n) is 5.49. The van der Waals surface area contributed by atoms with E-state index in [1.165, 1.54) is 24.3 Å². The number of amides is 1. The number of guanidine groups is 1. The van der Waals surface area contributed by atoms with E-state index in [-0.39, 0.29) is 35.8 Å². The smallest absolute Gasteiger partial charge is 0.246 e. The van der Waals surface area contributed by atoms with E-state index in [0.717, 1.165) is 0 Å². The highest BCUT2D eigenvalue weighted by molar-refractivity contribution is 7.91. The number of nitrogens with one attached hydrogen (secondary N) is 3. The standard InChI is InChI=1S/C15H21FN4O3S/c1-2-17-15(20-13-7-8-24(22,23)10-13)18-9-14(21)19-12-5-3-11(16)4-6-12/h3-6,13H,2,7-10H2,1H3,(H,19,21)(H2,17,18,20). The van der Waals surface area contributed by atoms with Crippen LogP contribution in [-0.4, -0.2) is 50.9 Å². The minimum atomic E-state index is -2.99. The number of halogens is 1. The number of nitrogens with zero attached hydrogens (tertiary/aromatic N) is 1. The van der Waals surface area contributed by atoms with Gasteiger partial charge in [0.15, 0.2) is 15.8 Å². The molecule has 1 unspecified atom stereocenters. The average molecular weight is 356 g/mol. The summed E-state index contributed by atoms with van der Waals surface area (Å²) in [4.78, 5) is 16.0. The van der Waals surface area contributed by atoms with Crippen LogP contribution >= 0.6 is 0 Å². The zero-order valence-corrected chi connectivity index (χ0v) is 14.2. The van der Waals surface area contributed by atoms with Gasteiger partial charge in [0.1, 0.15) is 12.4 Å². The van der Waals surface area contributed by atoms with Crippen molar-refractivity contribution in [1.82, 2.24) is 10.6 Å². The molecule has 0 aliphatic carbocycles. The summed E-state index contributed by atoms with van der Waals surface area (Å²) in [6.07, 6.45) is 0.522. The lowest BCUT2D eigenvalue weighted by Crippen LogP contribution is -2.44. The van der Waals surface area contributed by atoms with Crippen molar-refractivity contribution in [2.24, 2.45) is 4.99 Å². The third-order valence-electron chi connectivity index (χ3n) is 3.43. The third kappa shape index (κ3) is 5.80. The van der Waals surface area contributed by atoms with Gasteiger partial charge >= 0.3 is 0 Å². The van der Waals surface area contributed by atoms with Crippen molar-refractivity contribution in [3.63, 3.8) is 0 Å². The number of carbonyl (C=O) groups excluding carboxylic acids is 1. The fourth-order valence-corrected chi connectivity index (χ4v) is 3.98. The Morgan fingerprint density at radius 1 is 1.33 bits per heavy atom. The van der Waals surface area contributed by atoms with Crippen LogP contribution in [0.4, 0.5) is 10.1 Å². The Hall–Kier alpha value is -2.16. The van der Waals surface area contributed by atoms with Crippen molar-refractivity contribution >= 4 is 27.4 Å². The van der Waals surface area contributed by atoms with Crippen molar-refractivity contribution in [2.75, 3.05) is 29.9 Å². The van der Waals surface area contributed by atoms with Gasteiger partial charge in [0.25, 0.3) is 0 Å². The summed E-state index contributed by atoms with van der Waals surface area (Å²) in [6.45, 7) is 2.33. The van der Waals surface area contributed by atoms with Crippen molar-refractivity contribution < 1.29 is 17.6 Å². The summed E-state index contributed by atoms with van der Waals surface area (Å²) >= 11 is 0. The first-order chi connectivity index (χ1) is 11.4. The molecule has 1 aromatic carbocycles. The highest BCUT2D eigenvalue weighted by Gasteiger charge is 2.28. The maximum Gasteiger partial charge on any atom is 0.246 e. The molecule has 0 aromatic heterocycles. The predicted octanol–water partition coefficient (Wildman–Crippen LogP) is 0.506. The third-order valence-corrected chi connectivity index (χ3v) is 5.19. The molecule has 132 valence electrons. The van der Waals surface area contributed by atoms with Crippen molar-refractivity contribution in [3.8, 4) is 0 Å². The number of aliphatic imine (C=N–C) groups is 1. The van der Waals surface area contributed by atoms with Gasteiger partial charge in [0.2, 0.25) is 5.91 Å². The number of hydrogen-bond acceptors (Lipinski definition) is 4. The Labute approximate surface area is 140 Å². The minimum Gasteiger partial charge on any atom is -0.357 e. The molecule has 24 heavy (non-hydrogen) atoms. The number of hydrogen-bond donors (Lipinski definition) is 3. The summed E-state index contributed by atoms with van der Waals surface area (Å²) in [7, 11) is -2.99. The zero-order valence-electron chi connectivity index (χ0n) is 13.4. The van der Waals surface area contributed by atoms with Crippen LogP contribution in [0.3, 0.4) is 0 Å². The summed E-state index contributed by atoms with van der Waals surface area (Å²) in [5, 5.41) is 8.62. The van der Waals surface area contributed by atoms with Crippen molar-refractivity contribution in [3.05, 3.63) is 30.1 Å². The molecule has 3 N–H and O–H groups in total. The molecule has 0 radical (unpaired) electrons. The first kappa shape index (κ1) is 18.2. The van der Waals surface area contributed by atoms with Gasteiger partial charge in [-0.2, -0.15) is 0 Å². The summed E-state index contributed by atoms with van der Waals surface area (Å²) in [5.74, 6) is -0.100. The molecule has 2 rings (SSSR count). The molecule has 1 aliphatic rings. The highest BCUT2D eigenvalue weighted by atomic mass is 32.2. The quantitative estimate of drug-likeness (QED) is 0.527. The molecule has 0 bridgehead atoms. The molecular formula is C15H21FN4O3S. The molecule has 1 aliphatic heterocycles. The van der Waals surface area contributed by atoms with Crippen LogP contribution in [0.25, 0.3) is 0 Å². The van der Waals surface area contributed by atoms with Crippen LogP contribution in [0.1, 0.15) is 13.3 Å². The molecule has 1 aromatic rings. The summed E-state index contributed by atoms with van der Waals surface area (Å²) in [5.41, 5.74) is 0.483. The average Bonchev–Trinajstić information content (AvgIpc) is 2.86. The van der Waals surface area contributed by atoms with E-state index in [9.17, 15) is 17.6 Å². The van der Waals surface area contributed by atoms with Gasteiger partial charge in [-0.05, 0) is 37.6 Å². The lowest BCUT2D eigenvalue weighted by molar-refractivity contribution is -0.114. The lowest BCUT2D eigenvalue weighted by atomic mass is 10.3. The van der Waals surface area contributed by atoms with Crippen molar-refractivity contribution in [2.45, 2.75) is 19.4 Å². The Morgan fingerprint density at radius 2 is 2.04 bits per heavy atom. The molecule has 0 saturated carbocycles. The van der Waals surface area contributed by atoms with Gasteiger partial charge in [-0.25, -0.2) is 17.8 Å². The molecule has 1 atom stereocenters. The van der Waals surface area contributed by atoms with Gasteiger partial charge in [0.05, 0.1) is 11.5 Å². The maximum absolute atomic E-state index is 12.8. The zero-order chi connectivity index (χ0) is 17.6. The monoisotopic (exact) mass is 356 g/mol. The number of anilines is 1. The second kappa shape index (κ2) is 8.09. The topological polar surface area (TPSA) is 99.7 Å². The number of benzene rings is 1. The Balaban J connectivity index is 1.90. The molecule has 1 fully saturated rings. The first-order valence-electron chi connectivity index (χ1n) is 7.68. The Morgan fingerprint density at radius 3 is 2.62 bits per heavy atom. The molecule has 1 saturated heterocycles. The largest absolute Gasteiger partial charge is 0.357 e. The molecule has 1 heterocycles. The van der Waals surface area contributed by atoms with E-state index >= 15 is 0 Å². The Bertz CT molecular complexity index is 704. The lowest BCUT2D eigenvalue weighted by Gasteiger charge is -2.15. The Kier molecular flexibility index (Phi) is 6.13. The maximum atomic E-state index is 12.8. The number of sulfone groups is 1. The molecule has 9 heteroatoms. The van der Waals surface area contributed by atoms with E-state index < -0.39 is 9.84 Å². The molecule has 1 amide bonds. The minimum absolute atomic E-state index is 0.0686. The van der Waals surface area contributed by atoms with E-state index in [1.54, 1.807) is 0 Å². The number of rotatable bonds is 5. The fourth-order valence-electron chi connectivity index (χ4n) is 2.31. The highest BCUT2D eigenvalue weighted by Crippen LogP contribution is 2.11. The van der Waals surface area contributed by atoms with Crippen LogP contribution in [0.5, 0.6) is 0 Å². The summed E-state index contributed by atoms with van der Waals surface area (Å²) in [6, 6.07) is 5.23.